The Labute approximate surface area is 115 Å². The average Bonchev–Trinajstić information content (AvgIpc) is 2.71. The first-order chi connectivity index (χ1) is 8.84. The van der Waals surface area contributed by atoms with E-state index < -0.39 is 0 Å². The van der Waals surface area contributed by atoms with Crippen molar-refractivity contribution in [3.63, 3.8) is 0 Å². The number of rotatable bonds is 6. The van der Waals surface area contributed by atoms with Crippen LogP contribution in [0.2, 0.25) is 0 Å². The average molecular weight is 267 g/mol. The maximum absolute atomic E-state index is 12.3. The van der Waals surface area contributed by atoms with Gasteiger partial charge in [-0.15, -0.1) is 0 Å². The van der Waals surface area contributed by atoms with Gasteiger partial charge >= 0.3 is 0 Å². The van der Waals surface area contributed by atoms with E-state index in [4.69, 9.17) is 5.11 Å². The van der Waals surface area contributed by atoms with Crippen molar-refractivity contribution in [1.82, 2.24) is 15.1 Å². The molecular formula is C14H25N3O2. The predicted octanol–water partition coefficient (Wildman–Crippen LogP) is 2.05. The summed E-state index contributed by atoms with van der Waals surface area (Å²) in [6.45, 7) is 9.98. The second-order valence-electron chi connectivity index (χ2n) is 5.52. The molecule has 1 aromatic heterocycles. The van der Waals surface area contributed by atoms with Crippen LogP contribution in [0.25, 0.3) is 0 Å². The van der Waals surface area contributed by atoms with E-state index in [1.807, 2.05) is 39.3 Å². The Bertz CT molecular complexity index is 440. The molecule has 1 atom stereocenters. The van der Waals surface area contributed by atoms with Crippen LogP contribution in [0.15, 0.2) is 6.20 Å². The monoisotopic (exact) mass is 267 g/mol. The number of nitrogens with zero attached hydrogens (tertiary/aromatic N) is 2. The van der Waals surface area contributed by atoms with Gasteiger partial charge in [-0.05, 0) is 40.5 Å². The van der Waals surface area contributed by atoms with Gasteiger partial charge in [-0.3, -0.25) is 9.48 Å². The molecule has 5 nitrogen and oxygen atoms in total. The van der Waals surface area contributed by atoms with E-state index in [1.165, 1.54) is 0 Å². The van der Waals surface area contributed by atoms with Gasteiger partial charge in [-0.2, -0.15) is 5.10 Å². The number of carbonyl (C=O) groups is 1. The number of amides is 1. The summed E-state index contributed by atoms with van der Waals surface area (Å²) >= 11 is 0. The Kier molecular flexibility index (Phi) is 5.11. The SMILES string of the molecule is CCC(C)(CCO)NC(=O)c1cnn(C(C)C)c1C. The van der Waals surface area contributed by atoms with E-state index in [9.17, 15) is 4.79 Å². The summed E-state index contributed by atoms with van der Waals surface area (Å²) in [5.74, 6) is -0.123. The van der Waals surface area contributed by atoms with Crippen LogP contribution in [0, 0.1) is 6.92 Å². The highest BCUT2D eigenvalue weighted by Gasteiger charge is 2.26. The lowest BCUT2D eigenvalue weighted by molar-refractivity contribution is 0.0885. The minimum atomic E-state index is -0.377. The fourth-order valence-electron chi connectivity index (χ4n) is 2.08. The predicted molar refractivity (Wildman–Crippen MR) is 75.2 cm³/mol. The van der Waals surface area contributed by atoms with Crippen molar-refractivity contribution < 1.29 is 9.90 Å². The van der Waals surface area contributed by atoms with Crippen LogP contribution in [0.5, 0.6) is 0 Å². The van der Waals surface area contributed by atoms with Crippen molar-refractivity contribution in [1.29, 1.82) is 0 Å². The van der Waals surface area contributed by atoms with Crippen molar-refractivity contribution >= 4 is 5.91 Å². The lowest BCUT2D eigenvalue weighted by Gasteiger charge is -2.28. The molecule has 0 bridgehead atoms. The highest BCUT2D eigenvalue weighted by molar-refractivity contribution is 5.95. The Hall–Kier alpha value is -1.36. The van der Waals surface area contributed by atoms with Crippen molar-refractivity contribution in [2.75, 3.05) is 6.61 Å². The van der Waals surface area contributed by atoms with Crippen molar-refractivity contribution in [3.8, 4) is 0 Å². The summed E-state index contributed by atoms with van der Waals surface area (Å²) in [5, 5.41) is 16.3. The number of nitrogens with one attached hydrogen (secondary N) is 1. The van der Waals surface area contributed by atoms with E-state index in [1.54, 1.807) is 6.20 Å². The van der Waals surface area contributed by atoms with E-state index in [0.29, 0.717) is 12.0 Å². The third-order valence-corrected chi connectivity index (χ3v) is 3.64. The standard InChI is InChI=1S/C14H25N3O2/c1-6-14(5,7-8-18)16-13(19)12-9-15-17(10(2)3)11(12)4/h9-10,18H,6-8H2,1-5H3,(H,16,19). The first-order valence-corrected chi connectivity index (χ1v) is 6.82. The van der Waals surface area contributed by atoms with Crippen LogP contribution in [0.1, 0.15) is 62.6 Å². The van der Waals surface area contributed by atoms with E-state index >= 15 is 0 Å². The van der Waals surface area contributed by atoms with Crippen LogP contribution in [-0.2, 0) is 0 Å². The fraction of sp³-hybridized carbons (Fsp3) is 0.714. The quantitative estimate of drug-likeness (QED) is 0.829. The van der Waals surface area contributed by atoms with E-state index in [-0.39, 0.29) is 24.1 Å². The molecule has 0 aliphatic carbocycles. The first-order valence-electron chi connectivity index (χ1n) is 6.82. The zero-order chi connectivity index (χ0) is 14.6. The molecule has 0 fully saturated rings. The molecule has 1 heterocycles. The molecule has 19 heavy (non-hydrogen) atoms. The normalized spacial score (nSPS) is 14.5. The molecule has 0 saturated carbocycles. The van der Waals surface area contributed by atoms with E-state index in [2.05, 4.69) is 10.4 Å². The lowest BCUT2D eigenvalue weighted by Crippen LogP contribution is -2.46. The second kappa shape index (κ2) is 6.19. The zero-order valence-electron chi connectivity index (χ0n) is 12.5. The van der Waals surface area contributed by atoms with Crippen LogP contribution in [0.3, 0.4) is 0 Å². The molecule has 1 unspecified atom stereocenters. The van der Waals surface area contributed by atoms with Crippen LogP contribution in [0.4, 0.5) is 0 Å². The Balaban J connectivity index is 2.89. The molecule has 1 amide bonds. The van der Waals surface area contributed by atoms with Gasteiger partial charge in [0.1, 0.15) is 0 Å². The maximum atomic E-state index is 12.3. The molecular weight excluding hydrogens is 242 g/mol. The third kappa shape index (κ3) is 3.56. The molecule has 0 aliphatic heterocycles. The summed E-state index contributed by atoms with van der Waals surface area (Å²) in [6, 6.07) is 0.233. The first kappa shape index (κ1) is 15.7. The summed E-state index contributed by atoms with van der Waals surface area (Å²) in [6.07, 6.45) is 2.93. The molecule has 0 aliphatic rings. The minimum Gasteiger partial charge on any atom is -0.396 e. The zero-order valence-corrected chi connectivity index (χ0v) is 12.5. The molecule has 0 aromatic carbocycles. The van der Waals surface area contributed by atoms with Crippen molar-refractivity contribution in [3.05, 3.63) is 17.5 Å². The third-order valence-electron chi connectivity index (χ3n) is 3.64. The maximum Gasteiger partial charge on any atom is 0.255 e. The minimum absolute atomic E-state index is 0.0643. The largest absolute Gasteiger partial charge is 0.396 e. The molecule has 5 heteroatoms. The van der Waals surface area contributed by atoms with Crippen molar-refractivity contribution in [2.24, 2.45) is 0 Å². The number of hydrogen-bond acceptors (Lipinski definition) is 3. The highest BCUT2D eigenvalue weighted by atomic mass is 16.3. The van der Waals surface area contributed by atoms with Gasteiger partial charge in [0.15, 0.2) is 0 Å². The molecule has 108 valence electrons. The van der Waals surface area contributed by atoms with Gasteiger partial charge in [-0.1, -0.05) is 6.92 Å². The molecule has 1 rings (SSSR count). The highest BCUT2D eigenvalue weighted by Crippen LogP contribution is 2.17. The van der Waals surface area contributed by atoms with Gasteiger partial charge in [0.05, 0.1) is 11.8 Å². The van der Waals surface area contributed by atoms with Crippen molar-refractivity contribution in [2.45, 2.75) is 59.0 Å². The van der Waals surface area contributed by atoms with E-state index in [0.717, 1.165) is 12.1 Å². The molecule has 0 radical (unpaired) electrons. The lowest BCUT2D eigenvalue weighted by atomic mass is 9.94. The number of carbonyl (C=O) groups excluding carboxylic acids is 1. The summed E-state index contributed by atoms with van der Waals surface area (Å²) in [5.41, 5.74) is 1.10. The van der Waals surface area contributed by atoms with Gasteiger partial charge in [-0.25, -0.2) is 0 Å². The Morgan fingerprint density at radius 2 is 2.21 bits per heavy atom. The summed E-state index contributed by atoms with van der Waals surface area (Å²) < 4.78 is 1.84. The summed E-state index contributed by atoms with van der Waals surface area (Å²) in [4.78, 5) is 12.3. The molecule has 1 aromatic rings. The van der Waals surface area contributed by atoms with Crippen LogP contribution < -0.4 is 5.32 Å². The summed E-state index contributed by atoms with van der Waals surface area (Å²) in [7, 11) is 0. The molecule has 0 spiro atoms. The van der Waals surface area contributed by atoms with Gasteiger partial charge < -0.3 is 10.4 Å². The smallest absolute Gasteiger partial charge is 0.255 e. The molecule has 2 N–H and O–H groups in total. The van der Waals surface area contributed by atoms with Gasteiger partial charge in [0.2, 0.25) is 0 Å². The topological polar surface area (TPSA) is 67.2 Å². The van der Waals surface area contributed by atoms with Gasteiger partial charge in [0.25, 0.3) is 5.91 Å². The van der Waals surface area contributed by atoms with Crippen LogP contribution >= 0.6 is 0 Å². The number of hydrogen-bond donors (Lipinski definition) is 2. The van der Waals surface area contributed by atoms with Gasteiger partial charge in [0, 0.05) is 23.9 Å². The van der Waals surface area contributed by atoms with Crippen LogP contribution in [-0.4, -0.2) is 32.9 Å². The number of aromatic nitrogens is 2. The number of aliphatic hydroxyl groups excluding tert-OH is 1. The molecule has 0 saturated heterocycles. The fourth-order valence-corrected chi connectivity index (χ4v) is 2.08. The Morgan fingerprint density at radius 1 is 1.58 bits per heavy atom. The second-order valence-corrected chi connectivity index (χ2v) is 5.52. The Morgan fingerprint density at radius 3 is 2.63 bits per heavy atom. The number of aliphatic hydroxyl groups is 1.